The number of ether oxygens (including phenoxy) is 2. The number of para-hydroxylation sites is 1. The summed E-state index contributed by atoms with van der Waals surface area (Å²) in [5.41, 5.74) is -0.975. The highest BCUT2D eigenvalue weighted by Crippen LogP contribution is 2.18. The summed E-state index contributed by atoms with van der Waals surface area (Å²) in [6.07, 6.45) is 3.45. The van der Waals surface area contributed by atoms with Crippen LogP contribution in [0, 0.1) is 0 Å². The predicted molar refractivity (Wildman–Crippen MR) is 99.2 cm³/mol. The van der Waals surface area contributed by atoms with Crippen molar-refractivity contribution in [2.75, 3.05) is 52.5 Å². The third kappa shape index (κ3) is 5.69. The van der Waals surface area contributed by atoms with Gasteiger partial charge in [-0.1, -0.05) is 18.2 Å². The highest BCUT2D eigenvalue weighted by Gasteiger charge is 2.36. The van der Waals surface area contributed by atoms with Gasteiger partial charge in [0.1, 0.15) is 11.4 Å². The van der Waals surface area contributed by atoms with Gasteiger partial charge in [-0.25, -0.2) is 0 Å². The molecule has 1 N–H and O–H groups in total. The van der Waals surface area contributed by atoms with E-state index in [1.807, 2.05) is 30.3 Å². The molecule has 26 heavy (non-hydrogen) atoms. The van der Waals surface area contributed by atoms with Gasteiger partial charge in [0.05, 0.1) is 26.4 Å². The molecule has 6 heteroatoms. The zero-order chi connectivity index (χ0) is 18.2. The van der Waals surface area contributed by atoms with E-state index >= 15 is 0 Å². The van der Waals surface area contributed by atoms with Crippen molar-refractivity contribution in [2.45, 2.75) is 31.3 Å². The van der Waals surface area contributed by atoms with Crippen LogP contribution in [-0.2, 0) is 9.53 Å². The number of hydrogen-bond donors (Lipinski definition) is 1. The molecule has 1 atom stereocenters. The molecular weight excluding hydrogens is 332 g/mol. The summed E-state index contributed by atoms with van der Waals surface area (Å²) in [5.74, 6) is 0.884. The molecule has 0 unspecified atom stereocenters. The van der Waals surface area contributed by atoms with Crippen molar-refractivity contribution in [2.24, 2.45) is 0 Å². The molecule has 1 aromatic rings. The van der Waals surface area contributed by atoms with Crippen molar-refractivity contribution in [1.82, 2.24) is 9.80 Å². The standard InChI is InChI=1S/C20H30N2O4/c23-19(9-6-13-26-18-7-2-1-3-8-18)22-12-14-25-17-20(24,16-22)15-21-10-4-5-11-21/h1-3,7-8,24H,4-6,9-17H2/t20-/m0/s1. The molecule has 0 spiro atoms. The van der Waals surface area contributed by atoms with Crippen molar-refractivity contribution >= 4 is 5.91 Å². The van der Waals surface area contributed by atoms with Crippen molar-refractivity contribution in [1.29, 1.82) is 0 Å². The van der Waals surface area contributed by atoms with E-state index < -0.39 is 5.60 Å². The molecule has 3 rings (SSSR count). The lowest BCUT2D eigenvalue weighted by molar-refractivity contribution is -0.134. The molecule has 1 amide bonds. The molecule has 0 saturated carbocycles. The second-order valence-electron chi connectivity index (χ2n) is 7.34. The van der Waals surface area contributed by atoms with Crippen LogP contribution in [0.5, 0.6) is 5.75 Å². The molecular formula is C20H30N2O4. The van der Waals surface area contributed by atoms with E-state index in [1.54, 1.807) is 4.90 Å². The third-order valence-corrected chi connectivity index (χ3v) is 4.98. The summed E-state index contributed by atoms with van der Waals surface area (Å²) in [4.78, 5) is 16.6. The Morgan fingerprint density at radius 1 is 1.19 bits per heavy atom. The van der Waals surface area contributed by atoms with E-state index in [2.05, 4.69) is 4.90 Å². The van der Waals surface area contributed by atoms with Crippen molar-refractivity contribution in [3.8, 4) is 5.75 Å². The maximum atomic E-state index is 12.6. The molecule has 2 fully saturated rings. The number of hydrogen-bond acceptors (Lipinski definition) is 5. The summed E-state index contributed by atoms with van der Waals surface area (Å²) in [6.45, 7) is 4.80. The Hall–Kier alpha value is -1.63. The summed E-state index contributed by atoms with van der Waals surface area (Å²) >= 11 is 0. The van der Waals surface area contributed by atoms with Gasteiger partial charge in [-0.05, 0) is 44.5 Å². The zero-order valence-corrected chi connectivity index (χ0v) is 15.4. The quantitative estimate of drug-likeness (QED) is 0.746. The minimum absolute atomic E-state index is 0.0620. The predicted octanol–water partition coefficient (Wildman–Crippen LogP) is 1.53. The Morgan fingerprint density at radius 2 is 1.96 bits per heavy atom. The first-order valence-electron chi connectivity index (χ1n) is 9.63. The average Bonchev–Trinajstić information content (AvgIpc) is 3.06. The lowest BCUT2D eigenvalue weighted by Crippen LogP contribution is -2.53. The van der Waals surface area contributed by atoms with Crippen LogP contribution in [0.25, 0.3) is 0 Å². The number of likely N-dealkylation sites (tertiary alicyclic amines) is 1. The fraction of sp³-hybridized carbons (Fsp3) is 0.650. The summed E-state index contributed by atoms with van der Waals surface area (Å²) < 4.78 is 11.2. The van der Waals surface area contributed by atoms with Crippen LogP contribution < -0.4 is 4.74 Å². The van der Waals surface area contributed by atoms with E-state index in [-0.39, 0.29) is 5.91 Å². The largest absolute Gasteiger partial charge is 0.494 e. The summed E-state index contributed by atoms with van der Waals surface area (Å²) in [5, 5.41) is 11.0. The van der Waals surface area contributed by atoms with Gasteiger partial charge in [-0.2, -0.15) is 0 Å². The molecule has 144 valence electrons. The number of rotatable bonds is 7. The van der Waals surface area contributed by atoms with Crippen LogP contribution in [-0.4, -0.2) is 79.0 Å². The van der Waals surface area contributed by atoms with Crippen molar-refractivity contribution in [3.05, 3.63) is 30.3 Å². The van der Waals surface area contributed by atoms with Crippen molar-refractivity contribution < 1.29 is 19.4 Å². The van der Waals surface area contributed by atoms with Gasteiger partial charge in [0.15, 0.2) is 0 Å². The fourth-order valence-electron chi connectivity index (χ4n) is 3.67. The van der Waals surface area contributed by atoms with Gasteiger partial charge in [-0.3, -0.25) is 4.79 Å². The van der Waals surface area contributed by atoms with Crippen LogP contribution >= 0.6 is 0 Å². The second kappa shape index (κ2) is 9.35. The number of benzene rings is 1. The van der Waals surface area contributed by atoms with E-state index in [0.29, 0.717) is 52.3 Å². The Bertz CT molecular complexity index is 562. The Balaban J connectivity index is 1.44. The normalized spacial score (nSPS) is 24.4. The molecule has 2 aliphatic rings. The topological polar surface area (TPSA) is 62.2 Å². The first kappa shape index (κ1) is 19.1. The van der Waals surface area contributed by atoms with E-state index in [1.165, 1.54) is 12.8 Å². The number of β-amino-alcohol motifs (C(OH)–C–C–N with tert-alkyl or cyclic N) is 1. The SMILES string of the molecule is O=C(CCCOc1ccccc1)N1CCOC[C@](O)(CN2CCCC2)C1. The molecule has 2 saturated heterocycles. The van der Waals surface area contributed by atoms with Gasteiger partial charge in [0.25, 0.3) is 0 Å². The molecule has 2 aliphatic heterocycles. The monoisotopic (exact) mass is 362 g/mol. The maximum absolute atomic E-state index is 12.6. The third-order valence-electron chi connectivity index (χ3n) is 4.98. The molecule has 0 aromatic heterocycles. The highest BCUT2D eigenvalue weighted by molar-refractivity contribution is 5.76. The number of carbonyl (C=O) groups is 1. The lowest BCUT2D eigenvalue weighted by Gasteiger charge is -2.34. The Kier molecular flexibility index (Phi) is 6.88. The maximum Gasteiger partial charge on any atom is 0.222 e. The first-order chi connectivity index (χ1) is 12.6. The lowest BCUT2D eigenvalue weighted by atomic mass is 10.0. The molecule has 6 nitrogen and oxygen atoms in total. The van der Waals surface area contributed by atoms with E-state index in [9.17, 15) is 9.90 Å². The van der Waals surface area contributed by atoms with Crippen molar-refractivity contribution in [3.63, 3.8) is 0 Å². The highest BCUT2D eigenvalue weighted by atomic mass is 16.5. The van der Waals surface area contributed by atoms with Gasteiger partial charge in [-0.15, -0.1) is 0 Å². The Labute approximate surface area is 155 Å². The molecule has 2 heterocycles. The number of carbonyl (C=O) groups excluding carboxylic acids is 1. The van der Waals surface area contributed by atoms with E-state index in [4.69, 9.17) is 9.47 Å². The van der Waals surface area contributed by atoms with E-state index in [0.717, 1.165) is 18.8 Å². The molecule has 0 aliphatic carbocycles. The summed E-state index contributed by atoms with van der Waals surface area (Å²) in [7, 11) is 0. The Morgan fingerprint density at radius 3 is 2.73 bits per heavy atom. The van der Waals surface area contributed by atoms with Gasteiger partial charge in [0, 0.05) is 19.5 Å². The zero-order valence-electron chi connectivity index (χ0n) is 15.4. The molecule has 0 radical (unpaired) electrons. The smallest absolute Gasteiger partial charge is 0.222 e. The molecule has 1 aromatic carbocycles. The minimum atomic E-state index is -0.975. The number of nitrogens with zero attached hydrogens (tertiary/aromatic N) is 2. The van der Waals surface area contributed by atoms with Crippen LogP contribution in [0.4, 0.5) is 0 Å². The molecule has 0 bridgehead atoms. The van der Waals surface area contributed by atoms with Crippen LogP contribution in [0.15, 0.2) is 30.3 Å². The van der Waals surface area contributed by atoms with Gasteiger partial charge >= 0.3 is 0 Å². The van der Waals surface area contributed by atoms with Crippen LogP contribution in [0.1, 0.15) is 25.7 Å². The second-order valence-corrected chi connectivity index (χ2v) is 7.34. The number of aliphatic hydroxyl groups is 1. The fourth-order valence-corrected chi connectivity index (χ4v) is 3.67. The average molecular weight is 362 g/mol. The van der Waals surface area contributed by atoms with Gasteiger partial charge in [0.2, 0.25) is 5.91 Å². The van der Waals surface area contributed by atoms with Crippen LogP contribution in [0.3, 0.4) is 0 Å². The van der Waals surface area contributed by atoms with Gasteiger partial charge < -0.3 is 24.4 Å². The summed E-state index contributed by atoms with van der Waals surface area (Å²) in [6, 6.07) is 9.62. The number of amides is 1. The van der Waals surface area contributed by atoms with Crippen LogP contribution in [0.2, 0.25) is 0 Å². The first-order valence-corrected chi connectivity index (χ1v) is 9.63. The minimum Gasteiger partial charge on any atom is -0.494 e.